The van der Waals surface area contributed by atoms with E-state index in [2.05, 4.69) is 43.9 Å². The molecule has 1 saturated heterocycles. The van der Waals surface area contributed by atoms with Crippen molar-refractivity contribution >= 4 is 20.1 Å². The first-order valence-corrected chi connectivity index (χ1v) is 10.8. The van der Waals surface area contributed by atoms with Gasteiger partial charge in [-0.05, 0) is 30.3 Å². The number of hydrogen-bond donors (Lipinski definition) is 0. The Morgan fingerprint density at radius 1 is 1.48 bits per heavy atom. The van der Waals surface area contributed by atoms with E-state index in [9.17, 15) is 9.59 Å². The molecule has 1 fully saturated rings. The average Bonchev–Trinajstić information content (AvgIpc) is 2.46. The summed E-state index contributed by atoms with van der Waals surface area (Å²) in [6, 6.07) is -0.549. The summed E-state index contributed by atoms with van der Waals surface area (Å²) in [5, 5.41) is 3.45. The van der Waals surface area contributed by atoms with Crippen molar-refractivity contribution in [1.82, 2.24) is 4.57 Å². The summed E-state index contributed by atoms with van der Waals surface area (Å²) in [5.74, 6) is -0.346. The fourth-order valence-corrected chi connectivity index (χ4v) is 5.47. The first-order chi connectivity index (χ1) is 10.4. The molecular formula is C15H28N4O3Si. The third kappa shape index (κ3) is 3.23. The van der Waals surface area contributed by atoms with Crippen LogP contribution in [0, 0.1) is 5.41 Å². The van der Waals surface area contributed by atoms with Gasteiger partial charge in [0.25, 0.3) is 0 Å². The Labute approximate surface area is 139 Å². The van der Waals surface area contributed by atoms with Crippen LogP contribution < -0.4 is 0 Å². The van der Waals surface area contributed by atoms with Gasteiger partial charge in [-0.25, -0.2) is 4.79 Å². The number of esters is 1. The molecule has 0 N–H and O–H groups in total. The smallest absolute Gasteiger partial charge is 0.328 e. The fraction of sp³-hybridized carbons (Fsp3) is 0.867. The second-order valence-electron chi connectivity index (χ2n) is 7.89. The zero-order valence-corrected chi connectivity index (χ0v) is 16.2. The van der Waals surface area contributed by atoms with Crippen molar-refractivity contribution in [3.05, 3.63) is 10.4 Å². The summed E-state index contributed by atoms with van der Waals surface area (Å²) in [5.41, 5.74) is 7.58. The van der Waals surface area contributed by atoms with E-state index in [1.54, 1.807) is 4.57 Å². The highest BCUT2D eigenvalue weighted by Gasteiger charge is 2.66. The number of methoxy groups -OCH3 is 1. The number of carbonyl (C=O) groups excluding carboxylic acids is 2. The second kappa shape index (κ2) is 6.53. The number of rotatable bonds is 6. The molecule has 0 saturated carbocycles. The van der Waals surface area contributed by atoms with E-state index in [0.29, 0.717) is 19.4 Å². The van der Waals surface area contributed by atoms with Crippen molar-refractivity contribution in [3.63, 3.8) is 0 Å². The number of carbonyl (C=O) groups is 2. The lowest BCUT2D eigenvalue weighted by Gasteiger charge is -2.61. The van der Waals surface area contributed by atoms with Crippen molar-refractivity contribution in [2.45, 2.75) is 64.7 Å². The number of hydrogen-bond acceptors (Lipinski definition) is 4. The number of nitrogens with zero attached hydrogens (tertiary/aromatic N) is 4. The number of β-lactam (4-membered cyclic amide) rings is 1. The lowest BCUT2D eigenvalue weighted by molar-refractivity contribution is -0.177. The molecule has 0 aromatic carbocycles. The minimum absolute atomic E-state index is 0.0143. The van der Waals surface area contributed by atoms with Crippen LogP contribution in [0.3, 0.4) is 0 Å². The quantitative estimate of drug-likeness (QED) is 0.141. The maximum absolute atomic E-state index is 12.9. The van der Waals surface area contributed by atoms with Gasteiger partial charge in [0, 0.05) is 11.5 Å². The van der Waals surface area contributed by atoms with Crippen molar-refractivity contribution in [2.75, 3.05) is 13.7 Å². The van der Waals surface area contributed by atoms with Gasteiger partial charge in [0.1, 0.15) is 6.04 Å². The summed E-state index contributed by atoms with van der Waals surface area (Å²) in [6.07, 6.45) is 1.08. The van der Waals surface area contributed by atoms with Crippen LogP contribution in [-0.4, -0.2) is 44.4 Å². The molecule has 0 aromatic heterocycles. The standard InChI is InChI=1S/C15H28N4O3Si/c1-14(2,3)23(6,7)19-11(12(20)22-5)15(4,13(19)21)9-8-10-17-18-16/h11H,8-10H2,1-7H3/t11?,15-/m0/s1. The lowest BCUT2D eigenvalue weighted by Crippen LogP contribution is -2.79. The van der Waals surface area contributed by atoms with Crippen LogP contribution in [0.4, 0.5) is 0 Å². The van der Waals surface area contributed by atoms with Crippen LogP contribution in [0.2, 0.25) is 18.1 Å². The van der Waals surface area contributed by atoms with Crippen LogP contribution >= 0.6 is 0 Å². The summed E-state index contributed by atoms with van der Waals surface area (Å²) in [6.45, 7) is 12.7. The average molecular weight is 341 g/mol. The van der Waals surface area contributed by atoms with Gasteiger partial charge in [-0.2, -0.15) is 0 Å². The van der Waals surface area contributed by atoms with Crippen molar-refractivity contribution in [1.29, 1.82) is 0 Å². The van der Waals surface area contributed by atoms with E-state index in [1.807, 2.05) is 6.92 Å². The molecule has 1 rings (SSSR count). The maximum atomic E-state index is 12.9. The Hall–Kier alpha value is -1.53. The van der Waals surface area contributed by atoms with Gasteiger partial charge in [0.05, 0.1) is 12.5 Å². The topological polar surface area (TPSA) is 95.4 Å². The van der Waals surface area contributed by atoms with Crippen LogP contribution in [0.15, 0.2) is 5.11 Å². The molecule has 130 valence electrons. The number of amides is 1. The molecule has 0 spiro atoms. The SMILES string of the molecule is COC(=O)C1N([Si](C)(C)C(C)(C)C)C(=O)[C@@]1(C)CCCN=[N+]=[N-]. The van der Waals surface area contributed by atoms with E-state index in [0.717, 1.165) is 0 Å². The zero-order chi connectivity index (χ0) is 18.1. The maximum Gasteiger partial charge on any atom is 0.328 e. The molecular weight excluding hydrogens is 312 g/mol. The highest BCUT2D eigenvalue weighted by molar-refractivity contribution is 6.80. The van der Waals surface area contributed by atoms with E-state index in [4.69, 9.17) is 10.3 Å². The van der Waals surface area contributed by atoms with Gasteiger partial charge < -0.3 is 9.30 Å². The van der Waals surface area contributed by atoms with Crippen LogP contribution in [0.1, 0.15) is 40.5 Å². The normalized spacial score (nSPS) is 24.7. The minimum atomic E-state index is -2.17. The molecule has 0 aliphatic carbocycles. The second-order valence-corrected chi connectivity index (χ2v) is 13.0. The molecule has 8 heteroatoms. The molecule has 23 heavy (non-hydrogen) atoms. The summed E-state index contributed by atoms with van der Waals surface area (Å²) >= 11 is 0. The van der Waals surface area contributed by atoms with E-state index >= 15 is 0 Å². The Bertz CT molecular complexity index is 537. The first kappa shape index (κ1) is 19.5. The minimum Gasteiger partial charge on any atom is -0.467 e. The van der Waals surface area contributed by atoms with Crippen LogP contribution in [-0.2, 0) is 14.3 Å². The number of azide groups is 1. The van der Waals surface area contributed by atoms with Crippen molar-refractivity contribution in [3.8, 4) is 0 Å². The summed E-state index contributed by atoms with van der Waals surface area (Å²) < 4.78 is 6.77. The monoisotopic (exact) mass is 340 g/mol. The molecule has 1 heterocycles. The van der Waals surface area contributed by atoms with E-state index < -0.39 is 19.7 Å². The molecule has 1 unspecified atom stereocenters. The molecule has 1 aliphatic heterocycles. The van der Waals surface area contributed by atoms with Gasteiger partial charge in [-0.1, -0.05) is 39.0 Å². The first-order valence-electron chi connectivity index (χ1n) is 7.87. The van der Waals surface area contributed by atoms with Gasteiger partial charge in [0.2, 0.25) is 5.91 Å². The molecule has 7 nitrogen and oxygen atoms in total. The molecule has 1 amide bonds. The Balaban J connectivity index is 3.10. The third-order valence-corrected chi connectivity index (χ3v) is 10.8. The number of ether oxygens (including phenoxy) is 1. The lowest BCUT2D eigenvalue weighted by atomic mass is 9.71. The predicted molar refractivity (Wildman–Crippen MR) is 91.2 cm³/mol. The van der Waals surface area contributed by atoms with E-state index in [1.165, 1.54) is 7.11 Å². The third-order valence-electron chi connectivity index (χ3n) is 5.45. The zero-order valence-electron chi connectivity index (χ0n) is 15.2. The van der Waals surface area contributed by atoms with Gasteiger partial charge in [0.15, 0.2) is 8.24 Å². The highest BCUT2D eigenvalue weighted by Crippen LogP contribution is 2.51. The molecule has 1 aliphatic rings. The predicted octanol–water partition coefficient (Wildman–Crippen LogP) is 3.47. The van der Waals surface area contributed by atoms with Crippen molar-refractivity contribution in [2.24, 2.45) is 10.5 Å². The van der Waals surface area contributed by atoms with Gasteiger partial charge in [-0.3, -0.25) is 4.79 Å². The van der Waals surface area contributed by atoms with Crippen LogP contribution in [0.5, 0.6) is 0 Å². The summed E-state index contributed by atoms with van der Waals surface area (Å²) in [4.78, 5) is 28.0. The largest absolute Gasteiger partial charge is 0.467 e. The highest BCUT2D eigenvalue weighted by atomic mass is 28.3. The Morgan fingerprint density at radius 2 is 2.04 bits per heavy atom. The van der Waals surface area contributed by atoms with Crippen LogP contribution in [0.25, 0.3) is 10.4 Å². The molecule has 0 bridgehead atoms. The van der Waals surface area contributed by atoms with Crippen molar-refractivity contribution < 1.29 is 14.3 Å². The summed E-state index contributed by atoms with van der Waals surface area (Å²) in [7, 11) is -0.812. The van der Waals surface area contributed by atoms with E-state index in [-0.39, 0.29) is 16.9 Å². The Morgan fingerprint density at radius 3 is 2.48 bits per heavy atom. The Kier molecular flexibility index (Phi) is 5.54. The fourth-order valence-electron chi connectivity index (χ4n) is 2.95. The molecule has 2 atom stereocenters. The molecule has 0 aromatic rings. The van der Waals surface area contributed by atoms with Gasteiger partial charge in [-0.15, -0.1) is 0 Å². The molecule has 0 radical (unpaired) electrons. The van der Waals surface area contributed by atoms with Gasteiger partial charge >= 0.3 is 5.97 Å².